The maximum Gasteiger partial charge on any atom is 0.357 e. The van der Waals surface area contributed by atoms with Crippen LogP contribution in [0.15, 0.2) is 59.9 Å². The summed E-state index contributed by atoms with van der Waals surface area (Å²) in [5.41, 5.74) is 4.66. The van der Waals surface area contributed by atoms with Crippen molar-refractivity contribution in [3.63, 3.8) is 0 Å². The summed E-state index contributed by atoms with van der Waals surface area (Å²) in [5, 5.41) is 7.84. The number of esters is 1. The van der Waals surface area contributed by atoms with Gasteiger partial charge in [-0.1, -0.05) is 29.5 Å². The van der Waals surface area contributed by atoms with Crippen LogP contribution >= 0.6 is 11.8 Å². The van der Waals surface area contributed by atoms with Gasteiger partial charge in [-0.3, -0.25) is 9.36 Å². The third kappa shape index (κ3) is 5.12. The molecule has 0 spiro atoms. The molecule has 0 fully saturated rings. The zero-order chi connectivity index (χ0) is 25.1. The molecule has 8 nitrogen and oxygen atoms in total. The van der Waals surface area contributed by atoms with Crippen molar-refractivity contribution in [2.75, 3.05) is 18.2 Å². The molecule has 0 atom stereocenters. The maximum absolute atomic E-state index is 13.4. The van der Waals surface area contributed by atoms with E-state index in [1.165, 1.54) is 42.2 Å². The Morgan fingerprint density at radius 2 is 1.69 bits per heavy atom. The Labute approximate surface area is 206 Å². The van der Waals surface area contributed by atoms with Crippen molar-refractivity contribution in [3.05, 3.63) is 83.2 Å². The first-order valence-electron chi connectivity index (χ1n) is 10.8. The number of nitrogens with zero attached hydrogens (tertiary/aromatic N) is 4. The highest BCUT2D eigenvalue weighted by molar-refractivity contribution is 7.98. The number of rotatable bonds is 7. The van der Waals surface area contributed by atoms with Crippen LogP contribution in [0.4, 0.5) is 10.1 Å². The van der Waals surface area contributed by atoms with Crippen LogP contribution in [-0.4, -0.2) is 44.1 Å². The lowest BCUT2D eigenvalue weighted by Crippen LogP contribution is -2.22. The van der Waals surface area contributed by atoms with E-state index in [-0.39, 0.29) is 5.69 Å². The Morgan fingerprint density at radius 3 is 2.34 bits per heavy atom. The standard InChI is InChI=1S/C25H24FN5O3S/c1-15-5-9-20(10-6-15)31-17(3)23(16(2)29-31)28-22(32)14-34-24(33)21-13-27-25(35-4)30(21)19-11-7-18(26)8-12-19/h5-13H,14H2,1-4H3,(H,28,32). The SMILES string of the molecule is CSc1ncc(C(=O)OCC(=O)Nc2c(C)nn(-c3ccc(C)cc3)c2C)n1-c1ccc(F)cc1. The van der Waals surface area contributed by atoms with E-state index in [9.17, 15) is 14.0 Å². The fraction of sp³-hybridized carbons (Fsp3) is 0.200. The topological polar surface area (TPSA) is 91.0 Å². The van der Waals surface area contributed by atoms with Gasteiger partial charge < -0.3 is 10.1 Å². The largest absolute Gasteiger partial charge is 0.451 e. The number of carbonyl (C=O) groups excluding carboxylic acids is 2. The Bertz CT molecular complexity index is 1380. The summed E-state index contributed by atoms with van der Waals surface area (Å²) in [5.74, 6) is -1.61. The average molecular weight is 494 g/mol. The van der Waals surface area contributed by atoms with Gasteiger partial charge >= 0.3 is 5.97 Å². The number of ether oxygens (including phenoxy) is 1. The average Bonchev–Trinajstić information content (AvgIpc) is 3.40. The van der Waals surface area contributed by atoms with Crippen molar-refractivity contribution < 1.29 is 18.7 Å². The van der Waals surface area contributed by atoms with Crippen molar-refractivity contribution in [1.29, 1.82) is 0 Å². The Hall–Kier alpha value is -3.92. The predicted octanol–water partition coefficient (Wildman–Crippen LogP) is 4.64. The van der Waals surface area contributed by atoms with Crippen LogP contribution < -0.4 is 5.32 Å². The van der Waals surface area contributed by atoms with Crippen LogP contribution in [0.25, 0.3) is 11.4 Å². The molecule has 0 unspecified atom stereocenters. The molecule has 180 valence electrons. The zero-order valence-corrected chi connectivity index (χ0v) is 20.5. The molecule has 0 saturated heterocycles. The number of carbonyl (C=O) groups is 2. The molecule has 4 rings (SSSR count). The van der Waals surface area contributed by atoms with Gasteiger partial charge in [-0.25, -0.2) is 18.9 Å². The number of nitrogens with one attached hydrogen (secondary N) is 1. The van der Waals surface area contributed by atoms with Crippen LogP contribution in [0.3, 0.4) is 0 Å². The number of imidazole rings is 1. The van der Waals surface area contributed by atoms with Gasteiger partial charge in [-0.05, 0) is 63.4 Å². The van der Waals surface area contributed by atoms with Crippen LogP contribution in [0.2, 0.25) is 0 Å². The summed E-state index contributed by atoms with van der Waals surface area (Å²) in [6.45, 7) is 5.17. The van der Waals surface area contributed by atoms with Gasteiger partial charge in [0.05, 0.1) is 29.0 Å². The third-order valence-corrected chi connectivity index (χ3v) is 6.03. The Morgan fingerprint density at radius 1 is 1.03 bits per heavy atom. The number of aromatic nitrogens is 4. The van der Waals surface area contributed by atoms with Gasteiger partial charge in [0.1, 0.15) is 5.82 Å². The van der Waals surface area contributed by atoms with Gasteiger partial charge in [0.25, 0.3) is 5.91 Å². The fourth-order valence-electron chi connectivity index (χ4n) is 3.60. The van der Waals surface area contributed by atoms with E-state index in [1.807, 2.05) is 44.4 Å². The molecule has 0 aliphatic rings. The molecule has 0 aliphatic heterocycles. The summed E-state index contributed by atoms with van der Waals surface area (Å²) in [4.78, 5) is 29.6. The molecule has 35 heavy (non-hydrogen) atoms. The number of aryl methyl sites for hydroxylation is 2. The first kappa shape index (κ1) is 24.2. The minimum absolute atomic E-state index is 0.133. The molecule has 2 aromatic carbocycles. The molecule has 0 bridgehead atoms. The van der Waals surface area contributed by atoms with Crippen molar-refractivity contribution in [2.24, 2.45) is 0 Å². The van der Waals surface area contributed by atoms with Crippen molar-refractivity contribution >= 4 is 29.3 Å². The highest BCUT2D eigenvalue weighted by Crippen LogP contribution is 2.24. The smallest absolute Gasteiger partial charge is 0.357 e. The molecular weight excluding hydrogens is 469 g/mol. The highest BCUT2D eigenvalue weighted by atomic mass is 32.2. The molecular formula is C25H24FN5O3S. The van der Waals surface area contributed by atoms with Crippen molar-refractivity contribution in [3.8, 4) is 11.4 Å². The van der Waals surface area contributed by atoms with Gasteiger partial charge in [0.2, 0.25) is 0 Å². The summed E-state index contributed by atoms with van der Waals surface area (Å²) in [6.07, 6.45) is 3.18. The van der Waals surface area contributed by atoms with Gasteiger partial charge in [0, 0.05) is 5.69 Å². The minimum atomic E-state index is -0.721. The van der Waals surface area contributed by atoms with E-state index in [1.54, 1.807) is 16.2 Å². The van der Waals surface area contributed by atoms with E-state index in [2.05, 4.69) is 15.4 Å². The molecule has 1 N–H and O–H groups in total. The number of hydrogen-bond acceptors (Lipinski definition) is 6. The van der Waals surface area contributed by atoms with E-state index >= 15 is 0 Å². The van der Waals surface area contributed by atoms with Crippen molar-refractivity contribution in [2.45, 2.75) is 25.9 Å². The minimum Gasteiger partial charge on any atom is -0.451 e. The lowest BCUT2D eigenvalue weighted by atomic mass is 10.2. The first-order valence-corrected chi connectivity index (χ1v) is 12.0. The lowest BCUT2D eigenvalue weighted by Gasteiger charge is -2.11. The molecule has 2 aromatic heterocycles. The van der Waals surface area contributed by atoms with Crippen LogP contribution in [0.1, 0.15) is 27.4 Å². The highest BCUT2D eigenvalue weighted by Gasteiger charge is 2.21. The van der Waals surface area contributed by atoms with Crippen LogP contribution in [0, 0.1) is 26.6 Å². The van der Waals surface area contributed by atoms with Crippen molar-refractivity contribution in [1.82, 2.24) is 19.3 Å². The maximum atomic E-state index is 13.4. The van der Waals surface area contributed by atoms with E-state index in [0.717, 1.165) is 16.9 Å². The zero-order valence-electron chi connectivity index (χ0n) is 19.7. The monoisotopic (exact) mass is 493 g/mol. The number of halogens is 1. The summed E-state index contributed by atoms with van der Waals surface area (Å²) < 4.78 is 21.9. The number of benzene rings is 2. The second kappa shape index (κ2) is 10.1. The van der Waals surface area contributed by atoms with Gasteiger partial charge in [-0.2, -0.15) is 5.10 Å². The quantitative estimate of drug-likeness (QED) is 0.298. The third-order valence-electron chi connectivity index (χ3n) is 5.37. The molecule has 1 amide bonds. The van der Waals surface area contributed by atoms with Gasteiger partial charge in [0.15, 0.2) is 17.5 Å². The van der Waals surface area contributed by atoms with Crippen LogP contribution in [-0.2, 0) is 9.53 Å². The van der Waals surface area contributed by atoms with E-state index in [4.69, 9.17) is 4.74 Å². The summed E-state index contributed by atoms with van der Waals surface area (Å²) in [7, 11) is 0. The first-order chi connectivity index (χ1) is 16.8. The summed E-state index contributed by atoms with van der Waals surface area (Å²) in [6, 6.07) is 13.6. The molecule has 0 aliphatic carbocycles. The molecule has 10 heteroatoms. The normalized spacial score (nSPS) is 10.9. The number of thioether (sulfide) groups is 1. The molecule has 0 radical (unpaired) electrons. The number of hydrogen-bond donors (Lipinski definition) is 1. The predicted molar refractivity (Wildman–Crippen MR) is 132 cm³/mol. The second-order valence-corrected chi connectivity index (χ2v) is 8.63. The lowest BCUT2D eigenvalue weighted by molar-refractivity contribution is -0.119. The van der Waals surface area contributed by atoms with Crippen LogP contribution in [0.5, 0.6) is 0 Å². The number of anilines is 1. The fourth-order valence-corrected chi connectivity index (χ4v) is 4.15. The Balaban J connectivity index is 1.47. The van der Waals surface area contributed by atoms with E-state index < -0.39 is 24.3 Å². The molecule has 4 aromatic rings. The molecule has 2 heterocycles. The summed E-state index contributed by atoms with van der Waals surface area (Å²) >= 11 is 1.33. The number of amides is 1. The second-order valence-electron chi connectivity index (χ2n) is 7.86. The molecule has 0 saturated carbocycles. The Kier molecular flexibility index (Phi) is 7.02. The van der Waals surface area contributed by atoms with E-state index in [0.29, 0.717) is 22.2 Å². The van der Waals surface area contributed by atoms with Gasteiger partial charge in [-0.15, -0.1) is 0 Å².